The maximum Gasteiger partial charge on any atom is 0.335 e. The molecule has 4 rings (SSSR count). The zero-order chi connectivity index (χ0) is 23.0. The molecule has 0 spiro atoms. The monoisotopic (exact) mass is 431 g/mol. The van der Waals surface area contributed by atoms with Crippen molar-refractivity contribution in [2.75, 3.05) is 4.90 Å². The summed E-state index contributed by atoms with van der Waals surface area (Å²) in [7, 11) is 0. The average molecular weight is 431 g/mol. The zero-order valence-corrected chi connectivity index (χ0v) is 17.1. The van der Waals surface area contributed by atoms with Crippen molar-refractivity contribution in [1.29, 1.82) is 0 Å². The van der Waals surface area contributed by atoms with Gasteiger partial charge in [0.15, 0.2) is 0 Å². The predicted molar refractivity (Wildman–Crippen MR) is 116 cm³/mol. The van der Waals surface area contributed by atoms with E-state index in [9.17, 15) is 24.5 Å². The Bertz CT molecular complexity index is 1300. The van der Waals surface area contributed by atoms with Gasteiger partial charge >= 0.3 is 6.03 Å². The quantitative estimate of drug-likeness (QED) is 0.287. The van der Waals surface area contributed by atoms with Gasteiger partial charge in [0.05, 0.1) is 10.6 Å². The van der Waals surface area contributed by atoms with E-state index < -0.39 is 22.8 Å². The maximum absolute atomic E-state index is 13.0. The second kappa shape index (κ2) is 7.95. The highest BCUT2D eigenvalue weighted by Gasteiger charge is 2.37. The number of nitrogens with zero attached hydrogens (tertiary/aromatic N) is 2. The highest BCUT2D eigenvalue weighted by molar-refractivity contribution is 6.39. The number of amides is 4. The predicted octanol–water partition coefficient (Wildman–Crippen LogP) is 4.14. The van der Waals surface area contributed by atoms with Gasteiger partial charge in [0.1, 0.15) is 17.1 Å². The number of non-ortho nitro benzene ring substituents is 1. The van der Waals surface area contributed by atoms with Crippen LogP contribution in [0.2, 0.25) is 0 Å². The molecule has 1 fully saturated rings. The van der Waals surface area contributed by atoms with Crippen LogP contribution in [0.4, 0.5) is 16.2 Å². The van der Waals surface area contributed by atoms with Crippen LogP contribution in [-0.2, 0) is 9.59 Å². The summed E-state index contributed by atoms with van der Waals surface area (Å²) in [6.07, 6.45) is 1.24. The number of nitro groups is 1. The third-order valence-corrected chi connectivity index (χ3v) is 4.82. The molecular formula is C23H17N3O6. The number of hydrogen-bond donors (Lipinski definition) is 1. The number of barbiturate groups is 1. The number of rotatable bonds is 4. The van der Waals surface area contributed by atoms with Gasteiger partial charge in [-0.1, -0.05) is 18.2 Å². The van der Waals surface area contributed by atoms with Crippen molar-refractivity contribution >= 4 is 35.3 Å². The van der Waals surface area contributed by atoms with Gasteiger partial charge in [-0.15, -0.1) is 0 Å². The molecule has 160 valence electrons. The molecule has 0 bridgehead atoms. The van der Waals surface area contributed by atoms with Gasteiger partial charge in [-0.05, 0) is 55.3 Å². The Balaban J connectivity index is 1.68. The van der Waals surface area contributed by atoms with Crippen LogP contribution in [0, 0.1) is 24.0 Å². The first-order valence-corrected chi connectivity index (χ1v) is 9.57. The Kier molecular flexibility index (Phi) is 5.15. The first-order chi connectivity index (χ1) is 15.2. The molecule has 0 atom stereocenters. The lowest BCUT2D eigenvalue weighted by molar-refractivity contribution is -0.384. The molecule has 9 heteroatoms. The third kappa shape index (κ3) is 3.91. The number of furan rings is 1. The molecule has 2 heterocycles. The molecule has 1 aliphatic heterocycles. The van der Waals surface area contributed by atoms with E-state index in [4.69, 9.17) is 4.42 Å². The molecule has 1 aromatic heterocycles. The SMILES string of the molecule is Cc1cc(C)cc(N2C(=O)NC(=O)C(=Cc3ccc(-c4cccc([N+](=O)[O-])c4)o3)C2=O)c1. The van der Waals surface area contributed by atoms with E-state index in [1.165, 1.54) is 30.3 Å². The molecule has 0 radical (unpaired) electrons. The van der Waals surface area contributed by atoms with Gasteiger partial charge in [-0.2, -0.15) is 0 Å². The third-order valence-electron chi connectivity index (χ3n) is 4.82. The number of carbonyl (C=O) groups is 3. The summed E-state index contributed by atoms with van der Waals surface area (Å²) in [5, 5.41) is 13.2. The average Bonchev–Trinajstić information content (AvgIpc) is 3.19. The van der Waals surface area contributed by atoms with Crippen molar-refractivity contribution in [3.63, 3.8) is 0 Å². The number of benzene rings is 2. The van der Waals surface area contributed by atoms with Crippen molar-refractivity contribution < 1.29 is 23.7 Å². The van der Waals surface area contributed by atoms with Crippen LogP contribution < -0.4 is 10.2 Å². The van der Waals surface area contributed by atoms with Gasteiger partial charge in [-0.3, -0.25) is 25.0 Å². The fourth-order valence-electron chi connectivity index (χ4n) is 3.47. The van der Waals surface area contributed by atoms with Crippen molar-refractivity contribution in [2.24, 2.45) is 0 Å². The minimum atomic E-state index is -0.839. The molecule has 4 amide bonds. The summed E-state index contributed by atoms with van der Waals surface area (Å²) in [6.45, 7) is 3.67. The summed E-state index contributed by atoms with van der Waals surface area (Å²) < 4.78 is 5.68. The Morgan fingerprint density at radius 3 is 2.41 bits per heavy atom. The molecule has 1 saturated heterocycles. The van der Waals surface area contributed by atoms with Crippen LogP contribution in [0.15, 0.2) is 64.6 Å². The molecule has 1 aliphatic rings. The van der Waals surface area contributed by atoms with Crippen molar-refractivity contribution in [3.8, 4) is 11.3 Å². The second-order valence-corrected chi connectivity index (χ2v) is 7.31. The Morgan fingerprint density at radius 2 is 1.72 bits per heavy atom. The van der Waals surface area contributed by atoms with Crippen LogP contribution in [0.1, 0.15) is 16.9 Å². The summed E-state index contributed by atoms with van der Waals surface area (Å²) in [6, 6.07) is 13.4. The minimum absolute atomic E-state index is 0.0942. The van der Waals surface area contributed by atoms with Crippen LogP contribution in [0.5, 0.6) is 0 Å². The lowest BCUT2D eigenvalue weighted by Crippen LogP contribution is -2.54. The molecule has 0 saturated carbocycles. The first kappa shape index (κ1) is 20.7. The smallest absolute Gasteiger partial charge is 0.335 e. The van der Waals surface area contributed by atoms with Gasteiger partial charge in [-0.25, -0.2) is 9.69 Å². The van der Waals surface area contributed by atoms with Crippen molar-refractivity contribution in [1.82, 2.24) is 5.32 Å². The van der Waals surface area contributed by atoms with Crippen molar-refractivity contribution in [2.45, 2.75) is 13.8 Å². The lowest BCUT2D eigenvalue weighted by Gasteiger charge is -2.26. The second-order valence-electron chi connectivity index (χ2n) is 7.31. The van der Waals surface area contributed by atoms with E-state index in [-0.39, 0.29) is 17.0 Å². The fourth-order valence-corrected chi connectivity index (χ4v) is 3.47. The Morgan fingerprint density at radius 1 is 1.00 bits per heavy atom. The molecule has 0 aliphatic carbocycles. The standard InChI is InChI=1S/C23H17N3O6/c1-13-8-14(2)10-17(9-13)25-22(28)19(21(27)24-23(25)29)12-18-6-7-20(32-18)15-4-3-5-16(11-15)26(30)31/h3-12H,1-2H3,(H,24,27,29). The number of urea groups is 1. The molecule has 0 unspecified atom stereocenters. The van der Waals surface area contributed by atoms with Crippen LogP contribution in [0.3, 0.4) is 0 Å². The van der Waals surface area contributed by atoms with Crippen LogP contribution in [0.25, 0.3) is 17.4 Å². The number of aryl methyl sites for hydroxylation is 2. The van der Waals surface area contributed by atoms with E-state index >= 15 is 0 Å². The topological polar surface area (TPSA) is 123 Å². The van der Waals surface area contributed by atoms with E-state index in [2.05, 4.69) is 5.32 Å². The Hall–Kier alpha value is -4.53. The van der Waals surface area contributed by atoms with Gasteiger partial charge < -0.3 is 4.42 Å². The van der Waals surface area contributed by atoms with E-state index in [0.29, 0.717) is 17.0 Å². The maximum atomic E-state index is 13.0. The van der Waals surface area contributed by atoms with Crippen LogP contribution in [-0.4, -0.2) is 22.8 Å². The highest BCUT2D eigenvalue weighted by Crippen LogP contribution is 2.28. The zero-order valence-electron chi connectivity index (χ0n) is 17.1. The number of anilines is 1. The minimum Gasteiger partial charge on any atom is -0.457 e. The van der Waals surface area contributed by atoms with Gasteiger partial charge in [0, 0.05) is 17.7 Å². The summed E-state index contributed by atoms with van der Waals surface area (Å²) in [5.74, 6) is -1.11. The lowest BCUT2D eigenvalue weighted by atomic mass is 10.1. The van der Waals surface area contributed by atoms with Gasteiger partial charge in [0.25, 0.3) is 17.5 Å². The number of nitro benzene ring substituents is 1. The summed E-state index contributed by atoms with van der Waals surface area (Å²) in [5.41, 5.74) is 2.16. The van der Waals surface area contributed by atoms with Crippen LogP contribution >= 0.6 is 0 Å². The fraction of sp³-hybridized carbons (Fsp3) is 0.0870. The molecule has 3 aromatic rings. The Labute approximate surface area is 182 Å². The largest absolute Gasteiger partial charge is 0.457 e. The first-order valence-electron chi connectivity index (χ1n) is 9.57. The number of hydrogen-bond acceptors (Lipinski definition) is 6. The normalized spacial score (nSPS) is 15.2. The molecule has 2 aromatic carbocycles. The van der Waals surface area contributed by atoms with E-state index in [1.54, 1.807) is 24.3 Å². The molecule has 1 N–H and O–H groups in total. The number of carbonyl (C=O) groups excluding carboxylic acids is 3. The number of imide groups is 2. The summed E-state index contributed by atoms with van der Waals surface area (Å²) in [4.78, 5) is 49.1. The highest BCUT2D eigenvalue weighted by atomic mass is 16.6. The van der Waals surface area contributed by atoms with E-state index in [1.807, 2.05) is 19.9 Å². The molecular weight excluding hydrogens is 414 g/mol. The van der Waals surface area contributed by atoms with Gasteiger partial charge in [0.2, 0.25) is 0 Å². The molecule has 9 nitrogen and oxygen atoms in total. The number of nitrogens with one attached hydrogen (secondary N) is 1. The van der Waals surface area contributed by atoms with Crippen molar-refractivity contribution in [3.05, 3.63) is 87.2 Å². The summed E-state index contributed by atoms with van der Waals surface area (Å²) >= 11 is 0. The van der Waals surface area contributed by atoms with E-state index in [0.717, 1.165) is 16.0 Å². The molecule has 32 heavy (non-hydrogen) atoms.